The third kappa shape index (κ3) is 4.62. The summed E-state index contributed by atoms with van der Waals surface area (Å²) >= 11 is 0. The first kappa shape index (κ1) is 21.8. The van der Waals surface area contributed by atoms with Gasteiger partial charge in [0.25, 0.3) is 0 Å². The molecular weight excluding hydrogens is 412 g/mol. The fraction of sp³-hybridized carbons (Fsp3) is 0.458. The van der Waals surface area contributed by atoms with Crippen LogP contribution >= 0.6 is 0 Å². The molecule has 7 heteroatoms. The van der Waals surface area contributed by atoms with Crippen LogP contribution in [0.1, 0.15) is 50.3 Å². The molecule has 0 spiro atoms. The summed E-state index contributed by atoms with van der Waals surface area (Å²) in [5, 5.41) is 3.20. The van der Waals surface area contributed by atoms with E-state index in [1.807, 2.05) is 32.9 Å². The van der Waals surface area contributed by atoms with Crippen molar-refractivity contribution >= 4 is 15.9 Å². The Bertz CT molecular complexity index is 1070. The predicted octanol–water partition coefficient (Wildman–Crippen LogP) is 3.81. The number of amides is 1. The van der Waals surface area contributed by atoms with Crippen LogP contribution in [0.15, 0.2) is 53.4 Å². The van der Waals surface area contributed by atoms with Gasteiger partial charge in [0, 0.05) is 25.1 Å². The molecule has 2 atom stereocenters. The van der Waals surface area contributed by atoms with Crippen molar-refractivity contribution in [1.29, 1.82) is 0 Å². The summed E-state index contributed by atoms with van der Waals surface area (Å²) in [5.41, 5.74) is 1.70. The van der Waals surface area contributed by atoms with Gasteiger partial charge in [-0.1, -0.05) is 35.9 Å². The topological polar surface area (TPSA) is 75.7 Å². The lowest BCUT2D eigenvalue weighted by Crippen LogP contribution is -2.48. The Morgan fingerprint density at radius 1 is 1.16 bits per heavy atom. The molecule has 6 nitrogen and oxygen atoms in total. The smallest absolute Gasteiger partial charge is 0.243 e. The summed E-state index contributed by atoms with van der Waals surface area (Å²) in [4.78, 5) is 13.5. The third-order valence-corrected chi connectivity index (χ3v) is 7.95. The second-order valence-electron chi connectivity index (χ2n) is 9.18. The van der Waals surface area contributed by atoms with E-state index in [1.54, 1.807) is 30.3 Å². The van der Waals surface area contributed by atoms with Gasteiger partial charge >= 0.3 is 0 Å². The molecule has 166 valence electrons. The van der Waals surface area contributed by atoms with Crippen molar-refractivity contribution in [3.8, 4) is 5.75 Å². The van der Waals surface area contributed by atoms with Crippen LogP contribution in [-0.2, 0) is 14.8 Å². The molecule has 1 fully saturated rings. The van der Waals surface area contributed by atoms with Crippen LogP contribution in [0.3, 0.4) is 0 Å². The molecule has 31 heavy (non-hydrogen) atoms. The van der Waals surface area contributed by atoms with Crippen LogP contribution in [0.25, 0.3) is 0 Å². The zero-order chi connectivity index (χ0) is 22.2. The van der Waals surface area contributed by atoms with E-state index in [0.717, 1.165) is 16.9 Å². The number of aryl methyl sites for hydroxylation is 1. The molecule has 4 rings (SSSR count). The number of carbonyl (C=O) groups excluding carboxylic acids is 1. The maximum atomic E-state index is 13.2. The number of fused-ring (bicyclic) bond motifs is 1. The number of nitrogens with zero attached hydrogens (tertiary/aromatic N) is 1. The van der Waals surface area contributed by atoms with Crippen LogP contribution in [0.2, 0.25) is 0 Å². The summed E-state index contributed by atoms with van der Waals surface area (Å²) in [6, 6.07) is 14.3. The van der Waals surface area contributed by atoms with E-state index in [4.69, 9.17) is 4.74 Å². The van der Waals surface area contributed by atoms with Crippen molar-refractivity contribution in [2.24, 2.45) is 5.92 Å². The molecule has 0 radical (unpaired) electrons. The van der Waals surface area contributed by atoms with E-state index < -0.39 is 15.6 Å². The Labute approximate surface area is 184 Å². The van der Waals surface area contributed by atoms with Gasteiger partial charge in [-0.25, -0.2) is 8.42 Å². The summed E-state index contributed by atoms with van der Waals surface area (Å²) in [5.74, 6) is 0.332. The molecule has 1 N–H and O–H groups in total. The van der Waals surface area contributed by atoms with Crippen molar-refractivity contribution in [1.82, 2.24) is 9.62 Å². The van der Waals surface area contributed by atoms with Crippen LogP contribution < -0.4 is 10.1 Å². The molecule has 2 aliphatic heterocycles. The van der Waals surface area contributed by atoms with Gasteiger partial charge in [-0.2, -0.15) is 4.31 Å². The first-order chi connectivity index (χ1) is 14.7. The number of benzene rings is 2. The van der Waals surface area contributed by atoms with E-state index in [-0.39, 0.29) is 29.3 Å². The van der Waals surface area contributed by atoms with Crippen molar-refractivity contribution in [3.63, 3.8) is 0 Å². The highest BCUT2D eigenvalue weighted by Gasteiger charge is 2.38. The maximum absolute atomic E-state index is 13.2. The van der Waals surface area contributed by atoms with Crippen LogP contribution in [0.5, 0.6) is 5.75 Å². The van der Waals surface area contributed by atoms with Crippen molar-refractivity contribution in [2.45, 2.75) is 56.6 Å². The Kier molecular flexibility index (Phi) is 5.83. The van der Waals surface area contributed by atoms with E-state index in [2.05, 4.69) is 11.4 Å². The Balaban J connectivity index is 1.51. The number of hydrogen-bond acceptors (Lipinski definition) is 4. The summed E-state index contributed by atoms with van der Waals surface area (Å²) in [7, 11) is -3.60. The van der Waals surface area contributed by atoms with Crippen LogP contribution in [-0.4, -0.2) is 37.3 Å². The van der Waals surface area contributed by atoms with Crippen molar-refractivity contribution < 1.29 is 17.9 Å². The van der Waals surface area contributed by atoms with Gasteiger partial charge < -0.3 is 10.1 Å². The van der Waals surface area contributed by atoms with E-state index in [9.17, 15) is 13.2 Å². The van der Waals surface area contributed by atoms with Crippen molar-refractivity contribution in [3.05, 3.63) is 59.7 Å². The van der Waals surface area contributed by atoms with Gasteiger partial charge in [-0.05, 0) is 51.8 Å². The number of ether oxygens (including phenoxy) is 1. The molecule has 0 aliphatic carbocycles. The zero-order valence-corrected chi connectivity index (χ0v) is 19.1. The minimum Gasteiger partial charge on any atom is -0.487 e. The predicted molar refractivity (Wildman–Crippen MR) is 119 cm³/mol. The first-order valence-electron chi connectivity index (χ1n) is 10.8. The zero-order valence-electron chi connectivity index (χ0n) is 18.3. The first-order valence-corrected chi connectivity index (χ1v) is 12.2. The molecule has 0 saturated carbocycles. The fourth-order valence-electron chi connectivity index (χ4n) is 4.51. The monoisotopic (exact) mass is 442 g/mol. The number of piperidine rings is 1. The highest BCUT2D eigenvalue weighted by atomic mass is 32.2. The quantitative estimate of drug-likeness (QED) is 0.781. The van der Waals surface area contributed by atoms with Gasteiger partial charge in [0.15, 0.2) is 0 Å². The number of hydrogen-bond donors (Lipinski definition) is 1. The highest BCUT2D eigenvalue weighted by molar-refractivity contribution is 7.89. The summed E-state index contributed by atoms with van der Waals surface area (Å²) in [6.07, 6.45) is 2.01. The average molecular weight is 443 g/mol. The molecular formula is C24H30N2O4S. The molecule has 1 amide bonds. The number of sulfonamides is 1. The summed E-state index contributed by atoms with van der Waals surface area (Å²) in [6.45, 7) is 6.70. The molecule has 2 aromatic rings. The van der Waals surface area contributed by atoms with Gasteiger partial charge in [0.2, 0.25) is 15.9 Å². The molecule has 2 heterocycles. The lowest BCUT2D eigenvalue weighted by atomic mass is 9.88. The van der Waals surface area contributed by atoms with Gasteiger partial charge in [0.1, 0.15) is 11.4 Å². The number of nitrogens with one attached hydrogen (secondary N) is 1. The molecule has 0 aromatic heterocycles. The van der Waals surface area contributed by atoms with Gasteiger partial charge in [0.05, 0.1) is 16.9 Å². The number of rotatable bonds is 4. The van der Waals surface area contributed by atoms with E-state index >= 15 is 0 Å². The third-order valence-electron chi connectivity index (χ3n) is 6.08. The van der Waals surface area contributed by atoms with Gasteiger partial charge in [-0.3, -0.25) is 4.79 Å². The molecule has 0 bridgehead atoms. The van der Waals surface area contributed by atoms with E-state index in [0.29, 0.717) is 25.8 Å². The standard InChI is InChI=1S/C24H30N2O4S/c1-17-11-12-22-20(14-17)21(15-24(2,3)30-22)25-23(27)18-8-7-13-26(16-18)31(28,29)19-9-5-4-6-10-19/h4-6,9-12,14,18,21H,7-8,13,15-16H2,1-3H3,(H,25,27). The minimum absolute atomic E-state index is 0.0943. The largest absolute Gasteiger partial charge is 0.487 e. The fourth-order valence-corrected chi connectivity index (χ4v) is 6.05. The molecule has 2 aliphatic rings. The lowest BCUT2D eigenvalue weighted by molar-refractivity contribution is -0.127. The lowest BCUT2D eigenvalue weighted by Gasteiger charge is -2.39. The highest BCUT2D eigenvalue weighted by Crippen LogP contribution is 2.40. The number of carbonyl (C=O) groups is 1. The maximum Gasteiger partial charge on any atom is 0.243 e. The molecule has 2 unspecified atom stereocenters. The summed E-state index contributed by atoms with van der Waals surface area (Å²) < 4.78 is 33.6. The molecule has 2 aromatic carbocycles. The Hall–Kier alpha value is -2.38. The Morgan fingerprint density at radius 2 is 1.90 bits per heavy atom. The normalized spacial score (nSPS) is 23.5. The second-order valence-corrected chi connectivity index (χ2v) is 11.1. The second kappa shape index (κ2) is 8.28. The van der Waals surface area contributed by atoms with E-state index in [1.165, 1.54) is 4.31 Å². The van der Waals surface area contributed by atoms with Crippen LogP contribution in [0, 0.1) is 12.8 Å². The van der Waals surface area contributed by atoms with Crippen molar-refractivity contribution in [2.75, 3.05) is 13.1 Å². The van der Waals surface area contributed by atoms with Gasteiger partial charge in [-0.15, -0.1) is 0 Å². The average Bonchev–Trinajstić information content (AvgIpc) is 2.74. The minimum atomic E-state index is -3.60. The van der Waals surface area contributed by atoms with Crippen LogP contribution in [0.4, 0.5) is 0 Å². The Morgan fingerprint density at radius 3 is 2.65 bits per heavy atom. The molecule has 1 saturated heterocycles. The SMILES string of the molecule is Cc1ccc2c(c1)C(NC(=O)C1CCCN(S(=O)(=O)c3ccccc3)C1)CC(C)(C)O2.